The van der Waals surface area contributed by atoms with E-state index in [9.17, 15) is 0 Å². The van der Waals surface area contributed by atoms with E-state index in [1.165, 1.54) is 0 Å². The fourth-order valence-electron chi connectivity index (χ4n) is 6.15. The van der Waals surface area contributed by atoms with E-state index in [1.54, 1.807) is 23.3 Å². The number of aromatic nitrogens is 2. The highest BCUT2D eigenvalue weighted by molar-refractivity contribution is 7.80. The maximum atomic E-state index is 15.4. The molecule has 3 atom stereocenters. The number of hydrogen-bond donors (Lipinski definition) is 0. The summed E-state index contributed by atoms with van der Waals surface area (Å²) in [5, 5.41) is 3.56. The molecule has 212 valence electrons. The smallest absolute Gasteiger partial charge is 0.269 e. The van der Waals surface area contributed by atoms with Crippen molar-refractivity contribution < 1.29 is 13.9 Å². The summed E-state index contributed by atoms with van der Waals surface area (Å²) in [6, 6.07) is 38.9. The number of benzene rings is 4. The molecule has 0 spiro atoms. The lowest BCUT2D eigenvalue weighted by atomic mass is 10.1. The van der Waals surface area contributed by atoms with Crippen molar-refractivity contribution in [3.8, 4) is 0 Å². The number of ether oxygens (including phenoxy) is 1. The summed E-state index contributed by atoms with van der Waals surface area (Å²) in [5.74, 6) is -0.150. The van der Waals surface area contributed by atoms with Crippen molar-refractivity contribution in [1.29, 1.82) is 0 Å². The van der Waals surface area contributed by atoms with Crippen LogP contribution < -0.4 is 21.2 Å². The minimum atomic E-state index is -3.09. The molecule has 42 heavy (non-hydrogen) atoms. The third-order valence-corrected chi connectivity index (χ3v) is 15.3. The topological polar surface area (TPSA) is 61.2 Å². The Kier molecular flexibility index (Phi) is 8.40. The minimum Gasteiger partial charge on any atom is -0.467 e. The van der Waals surface area contributed by atoms with Gasteiger partial charge in [-0.05, 0) is 25.1 Å². The van der Waals surface area contributed by atoms with Gasteiger partial charge in [0, 0.05) is 51.4 Å². The first-order valence-electron chi connectivity index (χ1n) is 14.1. The predicted molar refractivity (Wildman–Crippen MR) is 176 cm³/mol. The maximum Gasteiger partial charge on any atom is 0.269 e. The van der Waals surface area contributed by atoms with Gasteiger partial charge < -0.3 is 13.9 Å². The van der Waals surface area contributed by atoms with Crippen LogP contribution in [0, 0.1) is 5.92 Å². The van der Waals surface area contributed by atoms with Gasteiger partial charge in [0.15, 0.2) is 0 Å². The largest absolute Gasteiger partial charge is 0.467 e. The van der Waals surface area contributed by atoms with Crippen molar-refractivity contribution in [2.24, 2.45) is 5.92 Å². The van der Waals surface area contributed by atoms with Gasteiger partial charge in [-0.2, -0.15) is 0 Å². The van der Waals surface area contributed by atoms with Gasteiger partial charge in [0.2, 0.25) is 0 Å². The molecule has 1 aromatic heterocycles. The highest BCUT2D eigenvalue weighted by atomic mass is 32.1. The highest BCUT2D eigenvalue weighted by Crippen LogP contribution is 2.58. The lowest BCUT2D eigenvalue weighted by Crippen LogP contribution is -2.30. The number of hydrogen-bond acceptors (Lipinski definition) is 5. The minimum absolute atomic E-state index is 0.150. The molecular formula is C34H32N2O3P2S. The normalized spacial score (nSPS) is 18.9. The second-order valence-corrected chi connectivity index (χ2v) is 17.0. The highest BCUT2D eigenvalue weighted by Gasteiger charge is 2.49. The van der Waals surface area contributed by atoms with Crippen LogP contribution in [0.3, 0.4) is 0 Å². The van der Waals surface area contributed by atoms with Gasteiger partial charge >= 0.3 is 0 Å². The van der Waals surface area contributed by atoms with Crippen molar-refractivity contribution >= 4 is 52.9 Å². The first kappa shape index (κ1) is 28.6. The Balaban J connectivity index is 1.42. The number of imidazole rings is 1. The van der Waals surface area contributed by atoms with E-state index in [2.05, 4.69) is 4.98 Å². The van der Waals surface area contributed by atoms with E-state index in [4.69, 9.17) is 17.0 Å². The van der Waals surface area contributed by atoms with Crippen molar-refractivity contribution in [2.75, 3.05) is 6.16 Å². The van der Waals surface area contributed by atoms with Gasteiger partial charge in [0.05, 0.1) is 0 Å². The zero-order chi connectivity index (χ0) is 29.0. The van der Waals surface area contributed by atoms with Gasteiger partial charge in [-0.25, -0.2) is 4.98 Å². The van der Waals surface area contributed by atoms with Crippen LogP contribution in [0.15, 0.2) is 140 Å². The Morgan fingerprint density at radius 2 is 1.21 bits per heavy atom. The monoisotopic (exact) mass is 610 g/mol. The second kappa shape index (κ2) is 12.4. The molecule has 1 heterocycles. The van der Waals surface area contributed by atoms with E-state index in [0.29, 0.717) is 19.0 Å². The Morgan fingerprint density at radius 3 is 1.67 bits per heavy atom. The Bertz CT molecular complexity index is 1630. The molecule has 0 unspecified atom stereocenters. The quantitative estimate of drug-likeness (QED) is 0.155. The number of nitrogens with zero attached hydrogens (tertiary/aromatic N) is 2. The number of thiocarbonyl (C=S) groups is 1. The Labute approximate surface area is 252 Å². The van der Waals surface area contributed by atoms with Crippen LogP contribution in [0.5, 0.6) is 0 Å². The van der Waals surface area contributed by atoms with Crippen molar-refractivity contribution in [1.82, 2.24) is 9.55 Å². The predicted octanol–water partition coefficient (Wildman–Crippen LogP) is 6.21. The average molecular weight is 611 g/mol. The fraction of sp³-hybridized carbons (Fsp3) is 0.176. The Morgan fingerprint density at radius 1 is 0.738 bits per heavy atom. The van der Waals surface area contributed by atoms with Crippen molar-refractivity contribution in [2.45, 2.75) is 24.6 Å². The van der Waals surface area contributed by atoms with E-state index in [-0.39, 0.29) is 22.9 Å². The summed E-state index contributed by atoms with van der Waals surface area (Å²) in [4.78, 5) is 4.12. The molecule has 5 aromatic rings. The molecule has 0 saturated heterocycles. The molecule has 0 aliphatic heterocycles. The molecule has 0 amide bonds. The lowest BCUT2D eigenvalue weighted by molar-refractivity contribution is 0.154. The lowest BCUT2D eigenvalue weighted by Gasteiger charge is -2.27. The summed E-state index contributed by atoms with van der Waals surface area (Å²) < 4.78 is 38.7. The summed E-state index contributed by atoms with van der Waals surface area (Å²) in [7, 11) is -6.16. The van der Waals surface area contributed by atoms with Crippen LogP contribution in [0.25, 0.3) is 0 Å². The maximum absolute atomic E-state index is 15.4. The molecule has 0 bridgehead atoms. The molecule has 1 aliphatic carbocycles. The van der Waals surface area contributed by atoms with Gasteiger partial charge in [0.25, 0.3) is 5.17 Å². The third-order valence-electron chi connectivity index (χ3n) is 8.20. The molecule has 1 saturated carbocycles. The SMILES string of the molecule is O=P(C[C@@H]1C[C@@H](P(=O)(c2ccccc2)c2ccccc2)C[C@H]1OC(=S)n1ccnc1)(c1ccccc1)c1ccccc1. The first-order chi connectivity index (χ1) is 20.5. The van der Waals surface area contributed by atoms with Gasteiger partial charge in [0.1, 0.15) is 26.7 Å². The first-order valence-corrected chi connectivity index (χ1v) is 18.2. The molecular weight excluding hydrogens is 578 g/mol. The van der Waals surface area contributed by atoms with Crippen molar-refractivity contribution in [3.05, 3.63) is 140 Å². The summed E-state index contributed by atoms with van der Waals surface area (Å²) in [5.41, 5.74) is -0.206. The van der Waals surface area contributed by atoms with Gasteiger partial charge in [-0.1, -0.05) is 121 Å². The van der Waals surface area contributed by atoms with E-state index in [1.807, 2.05) is 121 Å². The molecule has 0 radical (unpaired) electrons. The van der Waals surface area contributed by atoms with E-state index < -0.39 is 14.3 Å². The fourth-order valence-corrected chi connectivity index (χ4v) is 12.9. The molecule has 1 aliphatic rings. The molecule has 8 heteroatoms. The average Bonchev–Trinajstić information content (AvgIpc) is 3.73. The van der Waals surface area contributed by atoms with E-state index >= 15 is 9.13 Å². The van der Waals surface area contributed by atoms with Crippen LogP contribution >= 0.6 is 26.5 Å². The van der Waals surface area contributed by atoms with Crippen LogP contribution in [0.4, 0.5) is 0 Å². The molecule has 1 fully saturated rings. The third kappa shape index (κ3) is 5.60. The van der Waals surface area contributed by atoms with Crippen LogP contribution in [-0.4, -0.2) is 32.7 Å². The second-order valence-electron chi connectivity index (χ2n) is 10.7. The molecule has 4 aromatic carbocycles. The van der Waals surface area contributed by atoms with E-state index in [0.717, 1.165) is 21.2 Å². The van der Waals surface area contributed by atoms with Gasteiger partial charge in [-0.15, -0.1) is 0 Å². The Hall–Kier alpha value is -3.56. The van der Waals surface area contributed by atoms with Crippen molar-refractivity contribution in [3.63, 3.8) is 0 Å². The summed E-state index contributed by atoms with van der Waals surface area (Å²) in [6.45, 7) is 0. The van der Waals surface area contributed by atoms with Crippen LogP contribution in [0.1, 0.15) is 12.8 Å². The number of rotatable bonds is 8. The zero-order valence-corrected chi connectivity index (χ0v) is 25.7. The standard InChI is InChI=1S/C34H32N2O3P2S/c37-40(28-13-5-1-6-14-28,29-15-7-2-8-16-29)25-27-23-32(24-33(27)39-34(42)36-22-21-35-26-36)41(38,30-17-9-3-10-18-30)31-19-11-4-12-20-31/h1-22,26-27,32-33H,23-25H2/t27-,32+,33+/m0/s1. The molecule has 5 nitrogen and oxygen atoms in total. The molecule has 0 N–H and O–H groups in total. The molecule has 6 rings (SSSR count). The summed E-state index contributed by atoms with van der Waals surface area (Å²) >= 11 is 5.67. The van der Waals surface area contributed by atoms with Gasteiger partial charge in [-0.3, -0.25) is 4.57 Å². The van der Waals surface area contributed by atoms with Crippen LogP contribution in [0.2, 0.25) is 0 Å². The summed E-state index contributed by atoms with van der Waals surface area (Å²) in [6.07, 6.45) is 6.17. The van der Waals surface area contributed by atoms with Crippen LogP contribution in [-0.2, 0) is 13.9 Å². The zero-order valence-electron chi connectivity index (χ0n) is 23.1.